The molecule has 0 amide bonds. The Balaban J connectivity index is 2.99. The van der Waals surface area contributed by atoms with Crippen LogP contribution in [0.25, 0.3) is 5.57 Å². The lowest BCUT2D eigenvalue weighted by molar-refractivity contribution is -0.113. The minimum atomic E-state index is -2.94. The average molecular weight is 449 g/mol. The van der Waals surface area contributed by atoms with Crippen LogP contribution in [-0.2, 0) is 4.79 Å². The summed E-state index contributed by atoms with van der Waals surface area (Å²) in [7, 11) is 2.99. The maximum absolute atomic E-state index is 12.8. The van der Waals surface area contributed by atoms with E-state index in [1.54, 1.807) is 18.8 Å². The summed E-state index contributed by atoms with van der Waals surface area (Å²) in [6, 6.07) is 5.75. The second-order valence-electron chi connectivity index (χ2n) is 5.30. The standard InChI is InChI=1S/C17H20BrF2N2OPS/c1-11(10-25-3)12-6-13(8-14(18)7-12)16(21-2)22-9-15(23)4-5-17(19,20)24/h6-10H,4-5,24H2,1-3H3/b11-10+,21-16?,22-9?. The zero-order chi connectivity index (χ0) is 19.0. The number of Topliss-reactive ketones (excluding diaryl/α,β-unsaturated/α-hetero) is 1. The van der Waals surface area contributed by atoms with E-state index in [1.807, 2.05) is 36.8 Å². The fourth-order valence-corrected chi connectivity index (χ4v) is 3.07. The van der Waals surface area contributed by atoms with Gasteiger partial charge in [0.1, 0.15) is 0 Å². The maximum Gasteiger partial charge on any atom is 0.259 e. The molecular formula is C17H20BrF2N2OPS. The molecule has 1 rings (SSSR count). The van der Waals surface area contributed by atoms with Crippen LogP contribution < -0.4 is 0 Å². The van der Waals surface area contributed by atoms with Crippen LogP contribution in [0.5, 0.6) is 0 Å². The van der Waals surface area contributed by atoms with Crippen LogP contribution in [0, 0.1) is 0 Å². The van der Waals surface area contributed by atoms with Gasteiger partial charge in [0.05, 0.1) is 6.21 Å². The number of ketones is 1. The second-order valence-corrected chi connectivity index (χ2v) is 7.77. The smallest absolute Gasteiger partial charge is 0.259 e. The predicted molar refractivity (Wildman–Crippen MR) is 111 cm³/mol. The largest absolute Gasteiger partial charge is 0.293 e. The number of carbonyl (C=O) groups excluding carboxylic acids is 1. The Morgan fingerprint density at radius 1 is 1.36 bits per heavy atom. The van der Waals surface area contributed by atoms with Crippen LogP contribution in [0.3, 0.4) is 0 Å². The van der Waals surface area contributed by atoms with Gasteiger partial charge < -0.3 is 0 Å². The first kappa shape index (κ1) is 22.1. The van der Waals surface area contributed by atoms with E-state index < -0.39 is 17.9 Å². The third-order valence-electron chi connectivity index (χ3n) is 3.15. The molecule has 1 aromatic rings. The van der Waals surface area contributed by atoms with E-state index in [9.17, 15) is 13.6 Å². The third kappa shape index (κ3) is 8.34. The number of halogens is 3. The molecule has 0 N–H and O–H groups in total. The zero-order valence-electron chi connectivity index (χ0n) is 14.2. The van der Waals surface area contributed by atoms with E-state index in [4.69, 9.17) is 0 Å². The van der Waals surface area contributed by atoms with E-state index >= 15 is 0 Å². The molecule has 0 radical (unpaired) electrons. The average Bonchev–Trinajstić information content (AvgIpc) is 2.52. The lowest BCUT2D eigenvalue weighted by atomic mass is 10.1. The molecule has 1 aromatic carbocycles. The molecule has 0 saturated carbocycles. The quantitative estimate of drug-likeness (QED) is 0.316. The highest BCUT2D eigenvalue weighted by atomic mass is 79.9. The number of aliphatic imine (C=N–C) groups is 2. The number of nitrogens with zero attached hydrogens (tertiary/aromatic N) is 2. The van der Waals surface area contributed by atoms with Crippen molar-refractivity contribution in [3.63, 3.8) is 0 Å². The summed E-state index contributed by atoms with van der Waals surface area (Å²) in [5.74, 6) is -0.0950. The predicted octanol–water partition coefficient (Wildman–Crippen LogP) is 5.44. The Morgan fingerprint density at radius 2 is 2.00 bits per heavy atom. The highest BCUT2D eigenvalue weighted by Gasteiger charge is 2.21. The van der Waals surface area contributed by atoms with Crippen molar-refractivity contribution in [3.8, 4) is 0 Å². The number of thioether (sulfide) groups is 1. The van der Waals surface area contributed by atoms with Gasteiger partial charge in [-0.2, -0.15) is 0 Å². The van der Waals surface area contributed by atoms with Crippen molar-refractivity contribution in [1.82, 2.24) is 0 Å². The summed E-state index contributed by atoms with van der Waals surface area (Å²) in [4.78, 5) is 19.9. The molecule has 0 fully saturated rings. The van der Waals surface area contributed by atoms with Crippen LogP contribution in [-0.4, -0.2) is 36.8 Å². The molecule has 1 unspecified atom stereocenters. The van der Waals surface area contributed by atoms with E-state index in [2.05, 4.69) is 25.9 Å². The Hall–Kier alpha value is -0.910. The third-order valence-corrected chi connectivity index (χ3v) is 4.49. The molecule has 1 atom stereocenters. The van der Waals surface area contributed by atoms with E-state index in [1.165, 1.54) is 9.24 Å². The minimum Gasteiger partial charge on any atom is -0.293 e. The molecule has 3 nitrogen and oxygen atoms in total. The zero-order valence-corrected chi connectivity index (χ0v) is 17.8. The van der Waals surface area contributed by atoms with Gasteiger partial charge in [-0.25, -0.2) is 13.8 Å². The van der Waals surface area contributed by atoms with Crippen molar-refractivity contribution in [2.24, 2.45) is 9.98 Å². The lowest BCUT2D eigenvalue weighted by Crippen LogP contribution is -2.10. The second kappa shape index (κ2) is 10.3. The van der Waals surface area contributed by atoms with E-state index in [0.29, 0.717) is 5.84 Å². The van der Waals surface area contributed by atoms with Crippen LogP contribution >= 0.6 is 36.9 Å². The SMILES string of the molecule is CN=C(N=CC(=O)CCC(F)(F)P)c1cc(Br)cc(/C(C)=C/SC)c1. The first-order valence-electron chi connectivity index (χ1n) is 7.37. The monoisotopic (exact) mass is 448 g/mol. The first-order valence-corrected chi connectivity index (χ1v) is 10.0. The van der Waals surface area contributed by atoms with Crippen LogP contribution in [0.4, 0.5) is 8.78 Å². The molecule has 0 aliphatic rings. The maximum atomic E-state index is 12.8. The van der Waals surface area contributed by atoms with Crippen LogP contribution in [0.2, 0.25) is 0 Å². The van der Waals surface area contributed by atoms with Crippen molar-refractivity contribution in [2.75, 3.05) is 13.3 Å². The first-order chi connectivity index (χ1) is 11.7. The number of amidine groups is 1. The number of rotatable bonds is 7. The van der Waals surface area contributed by atoms with Gasteiger partial charge in [-0.1, -0.05) is 25.2 Å². The van der Waals surface area contributed by atoms with Gasteiger partial charge in [0, 0.05) is 29.9 Å². The fourth-order valence-electron chi connectivity index (χ4n) is 1.94. The topological polar surface area (TPSA) is 41.8 Å². The molecule has 8 heteroatoms. The van der Waals surface area contributed by atoms with Crippen LogP contribution in [0.1, 0.15) is 30.9 Å². The summed E-state index contributed by atoms with van der Waals surface area (Å²) in [5.41, 5.74) is -0.107. The molecule has 0 aliphatic heterocycles. The molecule has 0 heterocycles. The summed E-state index contributed by atoms with van der Waals surface area (Å²) in [6.07, 6.45) is 2.25. The number of benzene rings is 1. The highest BCUT2D eigenvalue weighted by molar-refractivity contribution is 9.10. The molecule has 0 saturated heterocycles. The minimum absolute atomic E-state index is 0.268. The van der Waals surface area contributed by atoms with Crippen molar-refractivity contribution < 1.29 is 13.6 Å². The van der Waals surface area contributed by atoms with Crippen LogP contribution in [0.15, 0.2) is 38.1 Å². The van der Waals surface area contributed by atoms with Gasteiger partial charge in [0.25, 0.3) is 5.66 Å². The Labute approximate surface area is 161 Å². The Kier molecular flexibility index (Phi) is 9.11. The fraction of sp³-hybridized carbons (Fsp3) is 0.353. The molecule has 0 spiro atoms. The van der Waals surface area contributed by atoms with E-state index in [0.717, 1.165) is 27.4 Å². The normalized spacial score (nSPS) is 13.6. The lowest BCUT2D eigenvalue weighted by Gasteiger charge is -2.08. The van der Waals surface area contributed by atoms with Gasteiger partial charge in [0.15, 0.2) is 11.6 Å². The van der Waals surface area contributed by atoms with Gasteiger partial charge in [0.2, 0.25) is 0 Å². The summed E-state index contributed by atoms with van der Waals surface area (Å²) in [6.45, 7) is 2.00. The van der Waals surface area contributed by atoms with Crippen molar-refractivity contribution in [3.05, 3.63) is 39.2 Å². The van der Waals surface area contributed by atoms with Crippen molar-refractivity contribution >= 4 is 60.3 Å². The molecule has 0 aromatic heterocycles. The van der Waals surface area contributed by atoms with E-state index in [-0.39, 0.29) is 6.42 Å². The highest BCUT2D eigenvalue weighted by Crippen LogP contribution is 2.27. The summed E-state index contributed by atoms with van der Waals surface area (Å²) >= 11 is 5.07. The van der Waals surface area contributed by atoms with Crippen molar-refractivity contribution in [2.45, 2.75) is 25.4 Å². The molecular weight excluding hydrogens is 429 g/mol. The van der Waals surface area contributed by atoms with Gasteiger partial charge in [-0.3, -0.25) is 9.79 Å². The number of hydrogen-bond donors (Lipinski definition) is 0. The number of alkyl halides is 2. The number of hydrogen-bond acceptors (Lipinski definition) is 3. The summed E-state index contributed by atoms with van der Waals surface area (Å²) < 4.78 is 26.4. The van der Waals surface area contributed by atoms with Crippen molar-refractivity contribution in [1.29, 1.82) is 0 Å². The molecule has 0 aliphatic carbocycles. The Morgan fingerprint density at radius 3 is 2.56 bits per heavy atom. The van der Waals surface area contributed by atoms with Gasteiger partial charge in [-0.15, -0.1) is 11.8 Å². The number of allylic oxidation sites excluding steroid dienone is 1. The molecule has 0 bridgehead atoms. The number of carbonyl (C=O) groups is 1. The Bertz CT molecular complexity index is 715. The molecule has 136 valence electrons. The van der Waals surface area contributed by atoms with Gasteiger partial charge in [-0.05, 0) is 47.9 Å². The summed E-state index contributed by atoms with van der Waals surface area (Å²) in [5, 5.41) is 2.03. The molecule has 25 heavy (non-hydrogen) atoms. The van der Waals surface area contributed by atoms with Gasteiger partial charge >= 0.3 is 0 Å².